The third-order valence-corrected chi connectivity index (χ3v) is 5.33. The molecule has 1 saturated heterocycles. The maximum atomic E-state index is 10.7. The molecule has 148 valence electrons. The van der Waals surface area contributed by atoms with Crippen molar-refractivity contribution in [2.45, 2.75) is 12.8 Å². The molecule has 2 N–H and O–H groups in total. The molecule has 2 aromatic carbocycles. The fourth-order valence-electron chi connectivity index (χ4n) is 3.73. The lowest BCUT2D eigenvalue weighted by Gasteiger charge is -2.32. The highest BCUT2D eigenvalue weighted by atomic mass is 16.4. The predicted octanol–water partition coefficient (Wildman–Crippen LogP) is 4.29. The van der Waals surface area contributed by atoms with Crippen LogP contribution >= 0.6 is 0 Å². The SMILES string of the molecule is O=C(O)NCC1CCN(c2cnc(-c3ccccc3)c(-c3ccccc3)n2)CC1. The van der Waals surface area contributed by atoms with Gasteiger partial charge in [-0.3, -0.25) is 4.98 Å². The minimum atomic E-state index is -0.956. The quantitative estimate of drug-likeness (QED) is 0.682. The van der Waals surface area contributed by atoms with Crippen molar-refractivity contribution in [3.05, 3.63) is 66.9 Å². The van der Waals surface area contributed by atoms with Gasteiger partial charge in [-0.1, -0.05) is 60.7 Å². The summed E-state index contributed by atoms with van der Waals surface area (Å²) in [6.45, 7) is 2.20. The number of aromatic nitrogens is 2. The van der Waals surface area contributed by atoms with Gasteiger partial charge in [-0.2, -0.15) is 0 Å². The summed E-state index contributed by atoms with van der Waals surface area (Å²) in [7, 11) is 0. The average Bonchev–Trinajstić information content (AvgIpc) is 2.79. The standard InChI is InChI=1S/C23H24N4O2/c28-23(29)25-15-17-11-13-27(14-12-17)20-16-24-21(18-7-3-1-4-8-18)22(26-20)19-9-5-2-6-10-19/h1-10,16-17,25H,11-15H2,(H,28,29). The van der Waals surface area contributed by atoms with Gasteiger partial charge in [-0.15, -0.1) is 0 Å². The molecule has 0 bridgehead atoms. The van der Waals surface area contributed by atoms with Crippen LogP contribution in [0, 0.1) is 5.92 Å². The van der Waals surface area contributed by atoms with Crippen molar-refractivity contribution in [1.29, 1.82) is 0 Å². The van der Waals surface area contributed by atoms with Gasteiger partial charge in [0, 0.05) is 30.8 Å². The Balaban J connectivity index is 1.59. The van der Waals surface area contributed by atoms with Gasteiger partial charge in [-0.05, 0) is 18.8 Å². The van der Waals surface area contributed by atoms with E-state index in [1.54, 1.807) is 0 Å². The Morgan fingerprint density at radius 3 is 2.14 bits per heavy atom. The first kappa shape index (κ1) is 18.9. The number of benzene rings is 2. The second kappa shape index (κ2) is 8.73. The first-order valence-electron chi connectivity index (χ1n) is 9.90. The van der Waals surface area contributed by atoms with Crippen molar-refractivity contribution >= 4 is 11.9 Å². The maximum Gasteiger partial charge on any atom is 0.404 e. The largest absolute Gasteiger partial charge is 0.465 e. The van der Waals surface area contributed by atoms with E-state index in [4.69, 9.17) is 15.1 Å². The van der Waals surface area contributed by atoms with Crippen LogP contribution in [0.25, 0.3) is 22.5 Å². The molecule has 4 rings (SSSR count). The smallest absolute Gasteiger partial charge is 0.404 e. The topological polar surface area (TPSA) is 78.4 Å². The molecule has 0 aliphatic carbocycles. The monoisotopic (exact) mass is 388 g/mol. The van der Waals surface area contributed by atoms with Gasteiger partial charge in [0.1, 0.15) is 5.82 Å². The van der Waals surface area contributed by atoms with E-state index in [2.05, 4.69) is 34.5 Å². The lowest BCUT2D eigenvalue weighted by Crippen LogP contribution is -2.38. The molecule has 6 heteroatoms. The Kier molecular flexibility index (Phi) is 5.70. The lowest BCUT2D eigenvalue weighted by molar-refractivity contribution is 0.191. The Morgan fingerprint density at radius 1 is 0.966 bits per heavy atom. The molecule has 0 unspecified atom stereocenters. The summed E-state index contributed by atoms with van der Waals surface area (Å²) in [6.07, 6.45) is 2.76. The van der Waals surface area contributed by atoms with Crippen LogP contribution in [-0.4, -0.2) is 40.8 Å². The van der Waals surface area contributed by atoms with E-state index in [0.717, 1.165) is 54.3 Å². The number of hydrogen-bond donors (Lipinski definition) is 2. The first-order valence-corrected chi connectivity index (χ1v) is 9.90. The Labute approximate surface area is 170 Å². The van der Waals surface area contributed by atoms with Gasteiger partial charge in [0.25, 0.3) is 0 Å². The summed E-state index contributed by atoms with van der Waals surface area (Å²) in [6, 6.07) is 20.3. The molecule has 0 radical (unpaired) electrons. The van der Waals surface area contributed by atoms with Crippen molar-refractivity contribution in [2.24, 2.45) is 5.92 Å². The summed E-state index contributed by atoms with van der Waals surface area (Å²) < 4.78 is 0. The zero-order valence-corrected chi connectivity index (χ0v) is 16.2. The van der Waals surface area contributed by atoms with E-state index in [9.17, 15) is 4.79 Å². The molecule has 1 aromatic heterocycles. The average molecular weight is 388 g/mol. The van der Waals surface area contributed by atoms with E-state index >= 15 is 0 Å². The summed E-state index contributed by atoms with van der Waals surface area (Å²) in [5.74, 6) is 1.24. The highest BCUT2D eigenvalue weighted by Crippen LogP contribution is 2.31. The second-order valence-electron chi connectivity index (χ2n) is 7.27. The van der Waals surface area contributed by atoms with E-state index in [-0.39, 0.29) is 0 Å². The molecular formula is C23H24N4O2. The molecule has 0 atom stereocenters. The first-order chi connectivity index (χ1) is 14.2. The molecule has 1 fully saturated rings. The molecule has 0 spiro atoms. The van der Waals surface area contributed by atoms with Crippen LogP contribution in [0.4, 0.5) is 10.6 Å². The number of carboxylic acid groups (broad SMARTS) is 1. The van der Waals surface area contributed by atoms with Crippen LogP contribution in [-0.2, 0) is 0 Å². The van der Waals surface area contributed by atoms with Crippen LogP contribution in [0.3, 0.4) is 0 Å². The lowest BCUT2D eigenvalue weighted by atomic mass is 9.97. The minimum Gasteiger partial charge on any atom is -0.465 e. The maximum absolute atomic E-state index is 10.7. The number of nitrogens with zero attached hydrogens (tertiary/aromatic N) is 3. The Morgan fingerprint density at radius 2 is 1.55 bits per heavy atom. The number of hydrogen-bond acceptors (Lipinski definition) is 4. The minimum absolute atomic E-state index is 0.368. The van der Waals surface area contributed by atoms with Crippen molar-refractivity contribution < 1.29 is 9.90 Å². The summed E-state index contributed by atoms with van der Waals surface area (Å²) in [4.78, 5) is 22.7. The summed E-state index contributed by atoms with van der Waals surface area (Å²) in [5, 5.41) is 11.3. The summed E-state index contributed by atoms with van der Waals surface area (Å²) in [5.41, 5.74) is 3.84. The molecule has 6 nitrogen and oxygen atoms in total. The second-order valence-corrected chi connectivity index (χ2v) is 7.27. The van der Waals surface area contributed by atoms with Gasteiger partial charge < -0.3 is 15.3 Å². The van der Waals surface area contributed by atoms with Crippen molar-refractivity contribution in [1.82, 2.24) is 15.3 Å². The van der Waals surface area contributed by atoms with Crippen molar-refractivity contribution in [2.75, 3.05) is 24.5 Å². The normalized spacial score (nSPS) is 14.6. The molecular weight excluding hydrogens is 364 g/mol. The molecule has 29 heavy (non-hydrogen) atoms. The molecule has 1 aliphatic rings. The Bertz CT molecular complexity index is 955. The zero-order chi connectivity index (χ0) is 20.1. The number of anilines is 1. The predicted molar refractivity (Wildman–Crippen MR) is 114 cm³/mol. The van der Waals surface area contributed by atoms with E-state index < -0.39 is 6.09 Å². The van der Waals surface area contributed by atoms with Gasteiger partial charge in [-0.25, -0.2) is 9.78 Å². The molecule has 1 aliphatic heterocycles. The molecule has 2 heterocycles. The number of nitrogens with one attached hydrogen (secondary N) is 1. The van der Waals surface area contributed by atoms with Crippen molar-refractivity contribution in [3.63, 3.8) is 0 Å². The number of carbonyl (C=O) groups is 1. The van der Waals surface area contributed by atoms with Gasteiger partial charge in [0.2, 0.25) is 0 Å². The summed E-state index contributed by atoms with van der Waals surface area (Å²) >= 11 is 0. The fraction of sp³-hybridized carbons (Fsp3) is 0.261. The van der Waals surface area contributed by atoms with Crippen LogP contribution in [0.1, 0.15) is 12.8 Å². The molecule has 1 amide bonds. The zero-order valence-electron chi connectivity index (χ0n) is 16.2. The highest BCUT2D eigenvalue weighted by molar-refractivity contribution is 5.78. The van der Waals surface area contributed by atoms with Gasteiger partial charge >= 0.3 is 6.09 Å². The fourth-order valence-corrected chi connectivity index (χ4v) is 3.73. The van der Waals surface area contributed by atoms with E-state index in [0.29, 0.717) is 12.5 Å². The van der Waals surface area contributed by atoms with Gasteiger partial charge in [0.05, 0.1) is 17.6 Å². The third kappa shape index (κ3) is 4.54. The Hall–Kier alpha value is -3.41. The van der Waals surface area contributed by atoms with Crippen molar-refractivity contribution in [3.8, 4) is 22.5 Å². The highest BCUT2D eigenvalue weighted by Gasteiger charge is 2.22. The number of rotatable bonds is 5. The van der Waals surface area contributed by atoms with Crippen LogP contribution in [0.2, 0.25) is 0 Å². The van der Waals surface area contributed by atoms with E-state index in [1.165, 1.54) is 0 Å². The molecule has 0 saturated carbocycles. The van der Waals surface area contributed by atoms with Crippen LogP contribution < -0.4 is 10.2 Å². The van der Waals surface area contributed by atoms with Crippen LogP contribution in [0.5, 0.6) is 0 Å². The molecule has 3 aromatic rings. The van der Waals surface area contributed by atoms with Gasteiger partial charge in [0.15, 0.2) is 0 Å². The number of piperidine rings is 1. The van der Waals surface area contributed by atoms with Crippen LogP contribution in [0.15, 0.2) is 66.9 Å². The third-order valence-electron chi connectivity index (χ3n) is 5.33. The van der Waals surface area contributed by atoms with E-state index in [1.807, 2.05) is 42.6 Å². The number of amides is 1.